The number of hydrogen-bond donors (Lipinski definition) is 1. The number of sulfonamides is 1. The van der Waals surface area contributed by atoms with Crippen molar-refractivity contribution < 1.29 is 13.2 Å². The summed E-state index contributed by atoms with van der Waals surface area (Å²) in [6.45, 7) is 6.14. The van der Waals surface area contributed by atoms with Crippen molar-refractivity contribution in [3.63, 3.8) is 0 Å². The van der Waals surface area contributed by atoms with Gasteiger partial charge in [0.15, 0.2) is 0 Å². The van der Waals surface area contributed by atoms with E-state index in [2.05, 4.69) is 4.72 Å². The van der Waals surface area contributed by atoms with E-state index in [0.29, 0.717) is 38.6 Å². The summed E-state index contributed by atoms with van der Waals surface area (Å²) < 4.78 is 33.6. The van der Waals surface area contributed by atoms with Gasteiger partial charge in [0.1, 0.15) is 5.75 Å². The molecule has 0 saturated heterocycles. The lowest BCUT2D eigenvalue weighted by molar-refractivity contribution is 0.406. The zero-order valence-electron chi connectivity index (χ0n) is 16.4. The van der Waals surface area contributed by atoms with Crippen molar-refractivity contribution in [2.45, 2.75) is 37.3 Å². The highest BCUT2D eigenvalue weighted by Crippen LogP contribution is 2.31. The molecule has 2 aromatic carbocycles. The van der Waals surface area contributed by atoms with Crippen LogP contribution >= 0.6 is 35.0 Å². The van der Waals surface area contributed by atoms with Crippen molar-refractivity contribution in [3.8, 4) is 5.75 Å². The van der Waals surface area contributed by atoms with Gasteiger partial charge in [0.05, 0.1) is 22.1 Å². The molecule has 4 nitrogen and oxygen atoms in total. The number of ether oxygens (including phenoxy) is 1. The molecule has 0 aliphatic rings. The fourth-order valence-corrected chi connectivity index (χ4v) is 5.29. The summed E-state index contributed by atoms with van der Waals surface area (Å²) in [6.07, 6.45) is 0. The van der Waals surface area contributed by atoms with E-state index in [4.69, 9.17) is 27.9 Å². The van der Waals surface area contributed by atoms with Crippen molar-refractivity contribution in [1.82, 2.24) is 4.72 Å². The van der Waals surface area contributed by atoms with Gasteiger partial charge in [-0.25, -0.2) is 13.1 Å². The average molecular weight is 462 g/mol. The van der Waals surface area contributed by atoms with Gasteiger partial charge in [-0.15, -0.1) is 0 Å². The molecule has 0 bridgehead atoms. The quantitative estimate of drug-likeness (QED) is 0.490. The van der Waals surface area contributed by atoms with E-state index in [1.807, 2.05) is 26.0 Å². The molecule has 0 aliphatic carbocycles. The Morgan fingerprint density at radius 3 is 2.46 bits per heavy atom. The molecule has 0 saturated carbocycles. The number of halogens is 2. The SMILES string of the molecule is COc1cc(C)c(S(=O)(=O)NCCSCc2ccc(Cl)c(Cl)c2)cc1C(C)C. The largest absolute Gasteiger partial charge is 0.496 e. The van der Waals surface area contributed by atoms with E-state index in [1.54, 1.807) is 44.0 Å². The second-order valence-electron chi connectivity index (χ2n) is 6.71. The van der Waals surface area contributed by atoms with Crippen LogP contribution in [0.3, 0.4) is 0 Å². The highest BCUT2D eigenvalue weighted by molar-refractivity contribution is 7.98. The van der Waals surface area contributed by atoms with Gasteiger partial charge in [0.2, 0.25) is 10.0 Å². The molecule has 1 N–H and O–H groups in total. The molecule has 8 heteroatoms. The summed E-state index contributed by atoms with van der Waals surface area (Å²) in [5.74, 6) is 2.25. The molecule has 2 rings (SSSR count). The summed E-state index contributed by atoms with van der Waals surface area (Å²) >= 11 is 13.5. The Kier molecular flexibility index (Phi) is 8.52. The molecule has 0 atom stereocenters. The molecule has 0 unspecified atom stereocenters. The first-order chi connectivity index (χ1) is 13.2. The molecule has 0 aliphatic heterocycles. The van der Waals surface area contributed by atoms with Gasteiger partial charge in [0.25, 0.3) is 0 Å². The minimum atomic E-state index is -3.59. The number of thioether (sulfide) groups is 1. The number of methoxy groups -OCH3 is 1. The minimum Gasteiger partial charge on any atom is -0.496 e. The van der Waals surface area contributed by atoms with Crippen LogP contribution in [0, 0.1) is 6.92 Å². The van der Waals surface area contributed by atoms with Crippen molar-refractivity contribution in [2.24, 2.45) is 0 Å². The maximum absolute atomic E-state index is 12.7. The predicted molar refractivity (Wildman–Crippen MR) is 120 cm³/mol. The summed E-state index contributed by atoms with van der Waals surface area (Å²) in [4.78, 5) is 0.298. The lowest BCUT2D eigenvalue weighted by Crippen LogP contribution is -2.27. The predicted octanol–water partition coefficient (Wildman–Crippen LogP) is 5.65. The molecule has 0 amide bonds. The number of nitrogens with one attached hydrogen (secondary N) is 1. The average Bonchev–Trinajstić information content (AvgIpc) is 2.63. The topological polar surface area (TPSA) is 55.4 Å². The van der Waals surface area contributed by atoms with E-state index in [1.165, 1.54) is 0 Å². The van der Waals surface area contributed by atoms with Crippen molar-refractivity contribution in [2.75, 3.05) is 19.4 Å². The van der Waals surface area contributed by atoms with Crippen LogP contribution < -0.4 is 9.46 Å². The molecule has 2 aromatic rings. The van der Waals surface area contributed by atoms with Crippen molar-refractivity contribution >= 4 is 45.0 Å². The Labute approximate surface area is 182 Å². The maximum Gasteiger partial charge on any atom is 0.240 e. The maximum atomic E-state index is 12.7. The first-order valence-electron chi connectivity index (χ1n) is 8.85. The Bertz CT molecular complexity index is 931. The molecule has 0 aromatic heterocycles. The van der Waals surface area contributed by atoms with Crippen molar-refractivity contribution in [3.05, 3.63) is 57.1 Å². The van der Waals surface area contributed by atoms with Crippen LogP contribution in [0.4, 0.5) is 0 Å². The molecule has 0 fully saturated rings. The molecular formula is C20H25Cl2NO3S2. The smallest absolute Gasteiger partial charge is 0.240 e. The number of hydrogen-bond acceptors (Lipinski definition) is 4. The van der Waals surface area contributed by atoms with Crippen LogP contribution in [-0.4, -0.2) is 27.8 Å². The fourth-order valence-electron chi connectivity index (χ4n) is 2.74. The molecule has 0 spiro atoms. The van der Waals surface area contributed by atoms with E-state index in [-0.39, 0.29) is 5.92 Å². The highest BCUT2D eigenvalue weighted by atomic mass is 35.5. The van der Waals surface area contributed by atoms with Crippen LogP contribution in [0.1, 0.15) is 36.5 Å². The molecular weight excluding hydrogens is 437 g/mol. The zero-order chi connectivity index (χ0) is 20.9. The van der Waals surface area contributed by atoms with Crippen LogP contribution in [0.15, 0.2) is 35.2 Å². The zero-order valence-corrected chi connectivity index (χ0v) is 19.5. The summed E-state index contributed by atoms with van der Waals surface area (Å²) in [7, 11) is -1.99. The van der Waals surface area contributed by atoms with Gasteiger partial charge in [-0.1, -0.05) is 43.1 Å². The Balaban J connectivity index is 1.98. The van der Waals surface area contributed by atoms with Crippen LogP contribution in [0.2, 0.25) is 10.0 Å². The van der Waals surface area contributed by atoms with Gasteiger partial charge in [-0.05, 0) is 53.8 Å². The van der Waals surface area contributed by atoms with Crippen molar-refractivity contribution in [1.29, 1.82) is 0 Å². The standard InChI is InChI=1S/C20H25Cl2NO3S2/c1-13(2)16-11-20(14(3)9-19(16)26-4)28(24,25)23-7-8-27-12-15-5-6-17(21)18(22)10-15/h5-6,9-11,13,23H,7-8,12H2,1-4H3. The Morgan fingerprint density at radius 2 is 1.86 bits per heavy atom. The number of rotatable bonds is 9. The Morgan fingerprint density at radius 1 is 1.14 bits per heavy atom. The van der Waals surface area contributed by atoms with E-state index < -0.39 is 10.0 Å². The van der Waals surface area contributed by atoms with Crippen LogP contribution in [-0.2, 0) is 15.8 Å². The summed E-state index contributed by atoms with van der Waals surface area (Å²) in [6, 6.07) is 9.00. The number of aryl methyl sites for hydroxylation is 1. The lowest BCUT2D eigenvalue weighted by atomic mass is 10.0. The lowest BCUT2D eigenvalue weighted by Gasteiger charge is -2.16. The summed E-state index contributed by atoms with van der Waals surface area (Å²) in [5.41, 5.74) is 2.59. The number of benzene rings is 2. The van der Waals surface area contributed by atoms with Gasteiger partial charge in [0, 0.05) is 18.1 Å². The highest BCUT2D eigenvalue weighted by Gasteiger charge is 2.20. The van der Waals surface area contributed by atoms with E-state index in [9.17, 15) is 8.42 Å². The molecule has 28 heavy (non-hydrogen) atoms. The van der Waals surface area contributed by atoms with Crippen LogP contribution in [0.25, 0.3) is 0 Å². The molecule has 0 radical (unpaired) electrons. The molecule has 0 heterocycles. The molecule has 154 valence electrons. The van der Waals surface area contributed by atoms with E-state index in [0.717, 1.165) is 16.9 Å². The monoisotopic (exact) mass is 461 g/mol. The first-order valence-corrected chi connectivity index (χ1v) is 12.2. The van der Waals surface area contributed by atoms with Gasteiger partial charge in [-0.2, -0.15) is 11.8 Å². The van der Waals surface area contributed by atoms with E-state index >= 15 is 0 Å². The third-order valence-electron chi connectivity index (χ3n) is 4.23. The third-order valence-corrected chi connectivity index (χ3v) is 7.60. The van der Waals surface area contributed by atoms with Gasteiger partial charge >= 0.3 is 0 Å². The first kappa shape index (κ1) is 23.4. The second-order valence-corrected chi connectivity index (χ2v) is 10.4. The van der Waals surface area contributed by atoms with Crippen LogP contribution in [0.5, 0.6) is 5.75 Å². The normalized spacial score (nSPS) is 11.8. The van der Waals surface area contributed by atoms with Gasteiger partial charge in [-0.3, -0.25) is 0 Å². The fraction of sp³-hybridized carbons (Fsp3) is 0.400. The third kappa shape index (κ3) is 6.04. The summed E-state index contributed by atoms with van der Waals surface area (Å²) in [5, 5.41) is 1.05. The minimum absolute atomic E-state index is 0.159. The van der Waals surface area contributed by atoms with Gasteiger partial charge < -0.3 is 4.74 Å². The second kappa shape index (κ2) is 10.2. The Hall–Kier alpha value is -0.920.